The summed E-state index contributed by atoms with van der Waals surface area (Å²) in [6.45, 7) is 8.70. The maximum absolute atomic E-state index is 9.09. The molecule has 0 unspecified atom stereocenters. The van der Waals surface area contributed by atoms with Gasteiger partial charge in [0.1, 0.15) is 18.5 Å². The van der Waals surface area contributed by atoms with Crippen molar-refractivity contribution >= 4 is 14.0 Å². The SMILES string of the molecule is COc1ccc(CNc2nc(C#N)cn2COCC[Si](C)(C)C)cc1. The molecule has 2 rings (SSSR count). The van der Waals surface area contributed by atoms with Gasteiger partial charge in [0.05, 0.1) is 7.11 Å². The number of aromatic nitrogens is 2. The van der Waals surface area contributed by atoms with E-state index in [-0.39, 0.29) is 0 Å². The van der Waals surface area contributed by atoms with Crippen molar-refractivity contribution in [1.82, 2.24) is 9.55 Å². The summed E-state index contributed by atoms with van der Waals surface area (Å²) < 4.78 is 12.8. The molecule has 0 radical (unpaired) electrons. The van der Waals surface area contributed by atoms with Crippen molar-refractivity contribution in [2.24, 2.45) is 0 Å². The fourth-order valence-corrected chi connectivity index (χ4v) is 2.93. The summed E-state index contributed by atoms with van der Waals surface area (Å²) in [6, 6.07) is 11.0. The Bertz CT molecular complexity index is 714. The second kappa shape index (κ2) is 8.69. The highest BCUT2D eigenvalue weighted by Gasteiger charge is 2.13. The van der Waals surface area contributed by atoms with E-state index in [4.69, 9.17) is 14.7 Å². The highest BCUT2D eigenvalue weighted by molar-refractivity contribution is 6.76. The first-order chi connectivity index (χ1) is 11.9. The van der Waals surface area contributed by atoms with E-state index in [0.717, 1.165) is 24.0 Å². The van der Waals surface area contributed by atoms with Crippen LogP contribution in [0.4, 0.5) is 5.95 Å². The van der Waals surface area contributed by atoms with Crippen LogP contribution in [0.3, 0.4) is 0 Å². The number of hydrogen-bond acceptors (Lipinski definition) is 5. The van der Waals surface area contributed by atoms with Crippen molar-refractivity contribution in [2.45, 2.75) is 39.0 Å². The number of nitrogens with one attached hydrogen (secondary N) is 1. The molecular formula is C18H26N4O2Si. The number of rotatable bonds is 9. The topological polar surface area (TPSA) is 72.1 Å². The fourth-order valence-electron chi connectivity index (χ4n) is 2.18. The Morgan fingerprint density at radius 2 is 1.96 bits per heavy atom. The Labute approximate surface area is 150 Å². The molecule has 6 nitrogen and oxygen atoms in total. The van der Waals surface area contributed by atoms with Crippen molar-refractivity contribution < 1.29 is 9.47 Å². The lowest BCUT2D eigenvalue weighted by molar-refractivity contribution is 0.0884. The predicted octanol–water partition coefficient (Wildman–Crippen LogP) is 3.69. The number of imidazole rings is 1. The smallest absolute Gasteiger partial charge is 0.206 e. The molecule has 0 saturated carbocycles. The van der Waals surface area contributed by atoms with Gasteiger partial charge in [0.25, 0.3) is 0 Å². The van der Waals surface area contributed by atoms with Gasteiger partial charge < -0.3 is 14.8 Å². The monoisotopic (exact) mass is 358 g/mol. The molecule has 0 aliphatic carbocycles. The van der Waals surface area contributed by atoms with Crippen LogP contribution < -0.4 is 10.1 Å². The van der Waals surface area contributed by atoms with Crippen LogP contribution in [0.5, 0.6) is 5.75 Å². The van der Waals surface area contributed by atoms with Crippen LogP contribution >= 0.6 is 0 Å². The lowest BCUT2D eigenvalue weighted by Gasteiger charge is -2.16. The van der Waals surface area contributed by atoms with Crippen molar-refractivity contribution in [3.05, 3.63) is 41.7 Å². The Morgan fingerprint density at radius 3 is 2.56 bits per heavy atom. The van der Waals surface area contributed by atoms with Gasteiger partial charge in [0, 0.05) is 27.4 Å². The minimum absolute atomic E-state index is 0.381. The highest BCUT2D eigenvalue weighted by Crippen LogP contribution is 2.15. The van der Waals surface area contributed by atoms with Gasteiger partial charge in [-0.05, 0) is 23.7 Å². The van der Waals surface area contributed by atoms with Crippen molar-refractivity contribution in [3.8, 4) is 11.8 Å². The molecule has 7 heteroatoms. The molecule has 0 amide bonds. The van der Waals surface area contributed by atoms with Gasteiger partial charge in [-0.3, -0.25) is 4.57 Å². The fraction of sp³-hybridized carbons (Fsp3) is 0.444. The van der Waals surface area contributed by atoms with Gasteiger partial charge in [-0.2, -0.15) is 5.26 Å². The lowest BCUT2D eigenvalue weighted by atomic mass is 10.2. The molecule has 1 aromatic carbocycles. The highest BCUT2D eigenvalue weighted by atomic mass is 28.3. The van der Waals surface area contributed by atoms with Gasteiger partial charge in [0.2, 0.25) is 5.95 Å². The van der Waals surface area contributed by atoms with Crippen molar-refractivity contribution in [1.29, 1.82) is 5.26 Å². The van der Waals surface area contributed by atoms with Crippen molar-refractivity contribution in [2.75, 3.05) is 19.0 Å². The molecule has 0 spiro atoms. The number of nitrogens with zero attached hydrogens (tertiary/aromatic N) is 3. The molecule has 0 bridgehead atoms. The zero-order valence-electron chi connectivity index (χ0n) is 15.4. The Hall–Kier alpha value is -2.30. The standard InChI is InChI=1S/C18H26N4O2Si/c1-23-17-7-5-15(6-8-17)12-20-18-21-16(11-19)13-22(18)14-24-9-10-25(2,3)4/h5-8,13H,9-10,12,14H2,1-4H3,(H,20,21). The van der Waals surface area contributed by atoms with Gasteiger partial charge in [-0.25, -0.2) is 4.98 Å². The Balaban J connectivity index is 1.94. The van der Waals surface area contributed by atoms with Crippen LogP contribution in [0.25, 0.3) is 0 Å². The van der Waals surface area contributed by atoms with Crippen LogP contribution in [0.1, 0.15) is 11.3 Å². The molecule has 134 valence electrons. The molecule has 1 N–H and O–H groups in total. The summed E-state index contributed by atoms with van der Waals surface area (Å²) in [5.74, 6) is 1.47. The zero-order chi connectivity index (χ0) is 18.3. The average Bonchev–Trinajstić information content (AvgIpc) is 2.99. The maximum atomic E-state index is 9.09. The largest absolute Gasteiger partial charge is 0.497 e. The van der Waals surface area contributed by atoms with Crippen LogP contribution in [0.15, 0.2) is 30.5 Å². The summed E-state index contributed by atoms with van der Waals surface area (Å²) in [6.07, 6.45) is 1.71. The average molecular weight is 359 g/mol. The second-order valence-electron chi connectivity index (χ2n) is 7.08. The third-order valence-corrected chi connectivity index (χ3v) is 5.43. The molecule has 25 heavy (non-hydrogen) atoms. The molecular weight excluding hydrogens is 332 g/mol. The van der Waals surface area contributed by atoms with E-state index in [1.165, 1.54) is 0 Å². The number of methoxy groups -OCH3 is 1. The van der Waals surface area contributed by atoms with Gasteiger partial charge in [0.15, 0.2) is 5.69 Å². The van der Waals surface area contributed by atoms with E-state index in [1.807, 2.05) is 28.8 Å². The summed E-state index contributed by atoms with van der Waals surface area (Å²) >= 11 is 0. The number of nitriles is 1. The summed E-state index contributed by atoms with van der Waals surface area (Å²) in [5.41, 5.74) is 1.49. The number of benzene rings is 1. The molecule has 1 heterocycles. The van der Waals surface area contributed by atoms with E-state index in [2.05, 4.69) is 36.0 Å². The van der Waals surface area contributed by atoms with E-state index >= 15 is 0 Å². The summed E-state index contributed by atoms with van der Waals surface area (Å²) in [7, 11) is 0.542. The third kappa shape index (κ3) is 6.25. The van der Waals surface area contributed by atoms with Gasteiger partial charge in [-0.1, -0.05) is 31.8 Å². The first kappa shape index (κ1) is 19.0. The minimum Gasteiger partial charge on any atom is -0.497 e. The zero-order valence-corrected chi connectivity index (χ0v) is 16.4. The predicted molar refractivity (Wildman–Crippen MR) is 101 cm³/mol. The maximum Gasteiger partial charge on any atom is 0.206 e. The molecule has 0 saturated heterocycles. The first-order valence-corrected chi connectivity index (χ1v) is 12.0. The molecule has 0 fully saturated rings. The van der Waals surface area contributed by atoms with E-state index < -0.39 is 8.07 Å². The summed E-state index contributed by atoms with van der Waals surface area (Å²) in [5, 5.41) is 12.4. The first-order valence-electron chi connectivity index (χ1n) is 8.33. The molecule has 2 aromatic rings. The minimum atomic E-state index is -1.11. The normalized spacial score (nSPS) is 11.2. The van der Waals surface area contributed by atoms with E-state index in [0.29, 0.717) is 24.9 Å². The summed E-state index contributed by atoms with van der Waals surface area (Å²) in [4.78, 5) is 4.30. The number of hydrogen-bond donors (Lipinski definition) is 1. The van der Waals surface area contributed by atoms with Crippen molar-refractivity contribution in [3.63, 3.8) is 0 Å². The van der Waals surface area contributed by atoms with E-state index in [1.54, 1.807) is 13.3 Å². The molecule has 0 aliphatic rings. The Morgan fingerprint density at radius 1 is 1.24 bits per heavy atom. The Kier molecular flexibility index (Phi) is 6.62. The number of ether oxygens (including phenoxy) is 2. The molecule has 0 atom stereocenters. The molecule has 0 aliphatic heterocycles. The van der Waals surface area contributed by atoms with Crippen LogP contribution in [0, 0.1) is 11.3 Å². The quantitative estimate of drug-likeness (QED) is 0.547. The van der Waals surface area contributed by atoms with Crippen LogP contribution in [-0.4, -0.2) is 31.3 Å². The second-order valence-corrected chi connectivity index (χ2v) is 12.7. The van der Waals surface area contributed by atoms with Crippen LogP contribution in [-0.2, 0) is 18.0 Å². The van der Waals surface area contributed by atoms with Gasteiger partial charge >= 0.3 is 0 Å². The number of anilines is 1. The van der Waals surface area contributed by atoms with Gasteiger partial charge in [-0.15, -0.1) is 0 Å². The third-order valence-electron chi connectivity index (χ3n) is 3.73. The molecule has 1 aromatic heterocycles. The lowest BCUT2D eigenvalue weighted by Crippen LogP contribution is -2.22. The van der Waals surface area contributed by atoms with Crippen LogP contribution in [0.2, 0.25) is 25.7 Å². The van der Waals surface area contributed by atoms with E-state index in [9.17, 15) is 0 Å².